The molecule has 0 aromatic heterocycles. The van der Waals surface area contributed by atoms with Gasteiger partial charge in [0.1, 0.15) is 12.4 Å². The number of carbonyl (C=O) groups is 2. The van der Waals surface area contributed by atoms with Gasteiger partial charge < -0.3 is 19.3 Å². The Bertz CT molecular complexity index is 861. The first kappa shape index (κ1) is 24.4. The molecule has 8 nitrogen and oxygen atoms in total. The van der Waals surface area contributed by atoms with E-state index in [0.717, 1.165) is 5.56 Å². The Morgan fingerprint density at radius 3 is 2.23 bits per heavy atom. The molecule has 2 atom stereocenters. The smallest absolute Gasteiger partial charge is 0.407 e. The van der Waals surface area contributed by atoms with Gasteiger partial charge in [-0.15, -0.1) is 0 Å². The van der Waals surface area contributed by atoms with Crippen molar-refractivity contribution in [1.82, 2.24) is 5.32 Å². The Morgan fingerprint density at radius 2 is 1.61 bits per heavy atom. The van der Waals surface area contributed by atoms with Crippen LogP contribution in [0.3, 0.4) is 0 Å². The summed E-state index contributed by atoms with van der Waals surface area (Å²) in [4.78, 5) is 24.0. The number of hydrogen-bond donors (Lipinski definition) is 1. The van der Waals surface area contributed by atoms with Gasteiger partial charge in [0.25, 0.3) is 0 Å². The highest BCUT2D eigenvalue weighted by Crippen LogP contribution is 2.49. The van der Waals surface area contributed by atoms with Crippen molar-refractivity contribution in [3.05, 3.63) is 66.2 Å². The SMILES string of the molecule is CCOC(=O)[C@@H](CC)OP(=O)(CCNC(=O)OCc1ccccc1)Oc1ccccc1. The average molecular weight is 449 g/mol. The molecule has 9 heteroatoms. The van der Waals surface area contributed by atoms with E-state index in [-0.39, 0.29) is 32.3 Å². The van der Waals surface area contributed by atoms with Crippen LogP contribution in [0.2, 0.25) is 0 Å². The molecule has 0 radical (unpaired) electrons. The van der Waals surface area contributed by atoms with Crippen LogP contribution in [-0.2, 0) is 30.0 Å². The summed E-state index contributed by atoms with van der Waals surface area (Å²) in [7, 11) is -3.80. The van der Waals surface area contributed by atoms with Crippen LogP contribution in [0.4, 0.5) is 4.79 Å². The minimum Gasteiger partial charge on any atom is -0.464 e. The average Bonchev–Trinajstić information content (AvgIpc) is 2.77. The van der Waals surface area contributed by atoms with Gasteiger partial charge in [0, 0.05) is 6.54 Å². The predicted molar refractivity (Wildman–Crippen MR) is 116 cm³/mol. The quantitative estimate of drug-likeness (QED) is 0.375. The number of alkyl carbamates (subject to hydrolysis) is 1. The molecule has 2 rings (SSSR count). The minimum atomic E-state index is -3.80. The Kier molecular flexibility index (Phi) is 10.1. The number of ether oxygens (including phenoxy) is 2. The number of para-hydroxylation sites is 1. The van der Waals surface area contributed by atoms with Crippen molar-refractivity contribution in [1.29, 1.82) is 0 Å². The van der Waals surface area contributed by atoms with Crippen LogP contribution < -0.4 is 9.84 Å². The van der Waals surface area contributed by atoms with Crippen molar-refractivity contribution < 1.29 is 32.7 Å². The molecule has 0 heterocycles. The van der Waals surface area contributed by atoms with E-state index in [2.05, 4.69) is 5.32 Å². The zero-order valence-electron chi connectivity index (χ0n) is 17.7. The van der Waals surface area contributed by atoms with Gasteiger partial charge in [0.05, 0.1) is 12.8 Å². The highest BCUT2D eigenvalue weighted by Gasteiger charge is 2.33. The van der Waals surface area contributed by atoms with Gasteiger partial charge in [-0.3, -0.25) is 4.52 Å². The van der Waals surface area contributed by atoms with Crippen molar-refractivity contribution in [2.45, 2.75) is 33.0 Å². The molecule has 0 aliphatic carbocycles. The molecule has 1 amide bonds. The van der Waals surface area contributed by atoms with Gasteiger partial charge in [-0.25, -0.2) is 14.2 Å². The zero-order valence-corrected chi connectivity index (χ0v) is 18.6. The topological polar surface area (TPSA) is 100 Å². The van der Waals surface area contributed by atoms with Gasteiger partial charge in [-0.2, -0.15) is 0 Å². The van der Waals surface area contributed by atoms with Crippen molar-refractivity contribution in [3.8, 4) is 5.75 Å². The Hall–Kier alpha value is -2.83. The van der Waals surface area contributed by atoms with Crippen molar-refractivity contribution >= 4 is 19.7 Å². The van der Waals surface area contributed by atoms with Crippen molar-refractivity contribution in [2.24, 2.45) is 0 Å². The van der Waals surface area contributed by atoms with Crippen LogP contribution in [-0.4, -0.2) is 37.5 Å². The lowest BCUT2D eigenvalue weighted by molar-refractivity contribution is -0.151. The van der Waals surface area contributed by atoms with E-state index < -0.39 is 25.8 Å². The Balaban J connectivity index is 1.96. The summed E-state index contributed by atoms with van der Waals surface area (Å²) in [6.07, 6.45) is -1.60. The van der Waals surface area contributed by atoms with Crippen LogP contribution in [0.25, 0.3) is 0 Å². The standard InChI is InChI=1S/C22H28NO7P/c1-3-20(21(24)27-4-2)30-31(26,29-19-13-9-6-10-14-19)16-15-23-22(25)28-17-18-11-7-5-8-12-18/h5-14,20H,3-4,15-17H2,1-2H3,(H,23,25)/t20-,31?/m1/s1. The van der Waals surface area contributed by atoms with E-state index in [1.807, 2.05) is 30.3 Å². The lowest BCUT2D eigenvalue weighted by Crippen LogP contribution is -2.30. The maximum atomic E-state index is 13.4. The monoisotopic (exact) mass is 449 g/mol. The summed E-state index contributed by atoms with van der Waals surface area (Å²) < 4.78 is 34.7. The summed E-state index contributed by atoms with van der Waals surface area (Å²) in [5.74, 6) is -0.284. The maximum Gasteiger partial charge on any atom is 0.407 e. The third kappa shape index (κ3) is 8.82. The van der Waals surface area contributed by atoms with E-state index in [4.69, 9.17) is 18.5 Å². The molecular weight excluding hydrogens is 421 g/mol. The normalized spacial score (nSPS) is 13.5. The summed E-state index contributed by atoms with van der Waals surface area (Å²) in [6, 6.07) is 17.7. The summed E-state index contributed by atoms with van der Waals surface area (Å²) in [6.45, 7) is 3.65. The third-order valence-electron chi connectivity index (χ3n) is 4.06. The number of hydrogen-bond acceptors (Lipinski definition) is 7. The molecule has 0 aliphatic rings. The maximum absolute atomic E-state index is 13.4. The molecule has 0 aliphatic heterocycles. The first-order chi connectivity index (χ1) is 15.0. The highest BCUT2D eigenvalue weighted by molar-refractivity contribution is 7.54. The van der Waals surface area contributed by atoms with Crippen LogP contribution in [0, 0.1) is 0 Å². The highest BCUT2D eigenvalue weighted by atomic mass is 31.2. The van der Waals surface area contributed by atoms with Crippen LogP contribution in [0.1, 0.15) is 25.8 Å². The fourth-order valence-electron chi connectivity index (χ4n) is 2.54. The molecule has 0 saturated heterocycles. The van der Waals surface area contributed by atoms with E-state index >= 15 is 0 Å². The second-order valence-corrected chi connectivity index (χ2v) is 8.54. The Labute approximate surface area is 182 Å². The molecule has 168 valence electrons. The molecule has 2 aromatic rings. The van der Waals surface area contributed by atoms with E-state index in [1.165, 1.54) is 0 Å². The van der Waals surface area contributed by atoms with Crippen LogP contribution in [0.5, 0.6) is 5.75 Å². The molecule has 0 bridgehead atoms. The molecule has 1 N–H and O–H groups in total. The first-order valence-electron chi connectivity index (χ1n) is 10.1. The van der Waals surface area contributed by atoms with Gasteiger partial charge in [0.2, 0.25) is 0 Å². The molecule has 31 heavy (non-hydrogen) atoms. The van der Waals surface area contributed by atoms with Crippen LogP contribution >= 0.6 is 7.60 Å². The zero-order chi connectivity index (χ0) is 22.5. The molecule has 0 spiro atoms. The number of carbonyl (C=O) groups excluding carboxylic acids is 2. The molecule has 2 aromatic carbocycles. The van der Waals surface area contributed by atoms with Gasteiger partial charge in [-0.05, 0) is 31.0 Å². The van der Waals surface area contributed by atoms with Gasteiger partial charge in [-0.1, -0.05) is 55.5 Å². The summed E-state index contributed by atoms with van der Waals surface area (Å²) >= 11 is 0. The third-order valence-corrected chi connectivity index (χ3v) is 5.90. The molecular formula is C22H28NO7P. The lowest BCUT2D eigenvalue weighted by Gasteiger charge is -2.23. The molecule has 0 fully saturated rings. The van der Waals surface area contributed by atoms with Crippen molar-refractivity contribution in [2.75, 3.05) is 19.3 Å². The lowest BCUT2D eigenvalue weighted by atomic mass is 10.2. The fourth-order valence-corrected chi connectivity index (χ4v) is 4.24. The summed E-state index contributed by atoms with van der Waals surface area (Å²) in [5.41, 5.74) is 0.847. The van der Waals surface area contributed by atoms with Gasteiger partial charge in [0.15, 0.2) is 6.10 Å². The van der Waals surface area contributed by atoms with E-state index in [9.17, 15) is 14.2 Å². The predicted octanol–water partition coefficient (Wildman–Crippen LogP) is 4.54. The van der Waals surface area contributed by atoms with E-state index in [1.54, 1.807) is 44.2 Å². The number of benzene rings is 2. The second-order valence-electron chi connectivity index (χ2n) is 6.48. The number of amides is 1. The second kappa shape index (κ2) is 12.8. The first-order valence-corrected chi connectivity index (χ1v) is 11.8. The van der Waals surface area contributed by atoms with Crippen molar-refractivity contribution in [3.63, 3.8) is 0 Å². The number of rotatable bonds is 12. The fraction of sp³-hybridized carbons (Fsp3) is 0.364. The number of nitrogens with one attached hydrogen (secondary N) is 1. The number of esters is 1. The minimum absolute atomic E-state index is 0.0308. The summed E-state index contributed by atoms with van der Waals surface area (Å²) in [5, 5.41) is 2.53. The molecule has 0 saturated carbocycles. The van der Waals surface area contributed by atoms with Gasteiger partial charge >= 0.3 is 19.7 Å². The Morgan fingerprint density at radius 1 is 0.968 bits per heavy atom. The van der Waals surface area contributed by atoms with E-state index in [0.29, 0.717) is 5.75 Å². The van der Waals surface area contributed by atoms with Crippen LogP contribution in [0.15, 0.2) is 60.7 Å². The largest absolute Gasteiger partial charge is 0.464 e. The molecule has 1 unspecified atom stereocenters.